The van der Waals surface area contributed by atoms with Crippen molar-refractivity contribution in [3.8, 4) is 0 Å². The van der Waals surface area contributed by atoms with E-state index in [1.54, 1.807) is 51.4 Å². The minimum Gasteiger partial charge on any atom is -0.341 e. The molecule has 2 heterocycles. The van der Waals surface area contributed by atoms with Gasteiger partial charge in [-0.05, 0) is 61.9 Å². The molecule has 0 spiro atoms. The fourth-order valence-electron chi connectivity index (χ4n) is 3.91. The summed E-state index contributed by atoms with van der Waals surface area (Å²) in [7, 11) is 1.78. The third-order valence-corrected chi connectivity index (χ3v) is 7.22. The number of ketones is 1. The zero-order valence-corrected chi connectivity index (χ0v) is 21.2. The zero-order valence-electron chi connectivity index (χ0n) is 18.8. The van der Waals surface area contributed by atoms with Crippen molar-refractivity contribution < 1.29 is 9.59 Å². The Morgan fingerprint density at radius 1 is 1.03 bits per heavy atom. The molecule has 2 aromatic carbocycles. The van der Waals surface area contributed by atoms with Gasteiger partial charge in [0.2, 0.25) is 5.62 Å². The van der Waals surface area contributed by atoms with Crippen LogP contribution in [0.3, 0.4) is 0 Å². The second-order valence-corrected chi connectivity index (χ2v) is 10.2. The normalized spacial score (nSPS) is 11.2. The SMILES string of the molecule is Cc1ccc(C(=O)N(C)CCCn2c(=N)n(CC(=O)c3ccc(Cl)cc3)c3cccc(Cl)c32)s1. The summed E-state index contributed by atoms with van der Waals surface area (Å²) in [4.78, 5) is 29.0. The lowest BCUT2D eigenvalue weighted by Crippen LogP contribution is -2.30. The highest BCUT2D eigenvalue weighted by Crippen LogP contribution is 2.24. The number of para-hydroxylation sites is 1. The number of rotatable bonds is 8. The van der Waals surface area contributed by atoms with Crippen molar-refractivity contribution in [2.45, 2.75) is 26.4 Å². The molecule has 0 unspecified atom stereocenters. The van der Waals surface area contributed by atoms with Crippen molar-refractivity contribution in [2.24, 2.45) is 0 Å². The van der Waals surface area contributed by atoms with Gasteiger partial charge in [-0.25, -0.2) is 0 Å². The third kappa shape index (κ3) is 4.97. The van der Waals surface area contributed by atoms with Crippen molar-refractivity contribution in [1.82, 2.24) is 14.0 Å². The Labute approximate surface area is 211 Å². The highest BCUT2D eigenvalue weighted by Gasteiger charge is 2.18. The number of halogens is 2. The van der Waals surface area contributed by atoms with Crippen LogP contribution in [0.2, 0.25) is 10.0 Å². The maximum Gasteiger partial charge on any atom is 0.263 e. The minimum atomic E-state index is -0.120. The maximum absolute atomic E-state index is 12.9. The number of aromatic nitrogens is 2. The molecular weight excluding hydrogens is 491 g/mol. The van der Waals surface area contributed by atoms with Gasteiger partial charge in [0, 0.05) is 35.6 Å². The largest absolute Gasteiger partial charge is 0.341 e. The number of benzene rings is 2. The van der Waals surface area contributed by atoms with Crippen molar-refractivity contribution in [1.29, 1.82) is 5.41 Å². The van der Waals surface area contributed by atoms with Gasteiger partial charge in [0.15, 0.2) is 5.78 Å². The average Bonchev–Trinajstić information content (AvgIpc) is 3.36. The number of hydrogen-bond acceptors (Lipinski definition) is 4. The van der Waals surface area contributed by atoms with E-state index in [9.17, 15) is 9.59 Å². The molecule has 0 fully saturated rings. The van der Waals surface area contributed by atoms with Gasteiger partial charge >= 0.3 is 0 Å². The quantitative estimate of drug-likeness (QED) is 0.309. The Hall–Kier alpha value is -2.87. The van der Waals surface area contributed by atoms with Crippen LogP contribution in [-0.4, -0.2) is 39.3 Å². The van der Waals surface area contributed by atoms with E-state index in [4.69, 9.17) is 28.6 Å². The molecule has 6 nitrogen and oxygen atoms in total. The third-order valence-electron chi connectivity index (χ3n) is 5.68. The van der Waals surface area contributed by atoms with Crippen LogP contribution in [0.1, 0.15) is 31.3 Å². The van der Waals surface area contributed by atoms with E-state index < -0.39 is 0 Å². The molecule has 176 valence electrons. The van der Waals surface area contributed by atoms with Gasteiger partial charge in [0.05, 0.1) is 27.5 Å². The van der Waals surface area contributed by atoms with E-state index in [0.29, 0.717) is 45.5 Å². The Morgan fingerprint density at radius 3 is 2.44 bits per heavy atom. The number of nitrogens with one attached hydrogen (secondary N) is 1. The summed E-state index contributed by atoms with van der Waals surface area (Å²) in [6.07, 6.45) is 0.638. The van der Waals surface area contributed by atoms with E-state index >= 15 is 0 Å². The molecule has 0 saturated heterocycles. The number of carbonyl (C=O) groups is 2. The molecule has 2 aromatic heterocycles. The van der Waals surface area contributed by atoms with Crippen LogP contribution in [0.15, 0.2) is 54.6 Å². The molecule has 0 aliphatic heterocycles. The van der Waals surface area contributed by atoms with Crippen molar-refractivity contribution in [3.63, 3.8) is 0 Å². The van der Waals surface area contributed by atoms with Gasteiger partial charge in [-0.15, -0.1) is 11.3 Å². The predicted octanol–water partition coefficient (Wildman–Crippen LogP) is 5.64. The number of Topliss-reactive ketones (excluding diaryl/α,β-unsaturated/α-hetero) is 1. The molecule has 0 aliphatic rings. The van der Waals surface area contributed by atoms with Crippen LogP contribution < -0.4 is 5.62 Å². The summed E-state index contributed by atoms with van der Waals surface area (Å²) < 4.78 is 3.47. The van der Waals surface area contributed by atoms with Gasteiger partial charge in [-0.2, -0.15) is 0 Å². The lowest BCUT2D eigenvalue weighted by Gasteiger charge is -2.16. The van der Waals surface area contributed by atoms with Crippen molar-refractivity contribution in [3.05, 3.63) is 85.6 Å². The summed E-state index contributed by atoms with van der Waals surface area (Å²) >= 11 is 13.9. The Bertz CT molecular complexity index is 1420. The van der Waals surface area contributed by atoms with Gasteiger partial charge in [0.25, 0.3) is 5.91 Å². The lowest BCUT2D eigenvalue weighted by molar-refractivity contribution is 0.0796. The van der Waals surface area contributed by atoms with Crippen LogP contribution in [0.4, 0.5) is 0 Å². The number of thiophene rings is 1. The Morgan fingerprint density at radius 2 is 1.76 bits per heavy atom. The molecular formula is C25H24Cl2N4O2S. The summed E-state index contributed by atoms with van der Waals surface area (Å²) in [5.41, 5.74) is 2.15. The number of carbonyl (C=O) groups excluding carboxylic acids is 2. The fourth-order valence-corrected chi connectivity index (χ4v) is 5.17. The number of nitrogens with zero attached hydrogens (tertiary/aromatic N) is 3. The number of aryl methyl sites for hydroxylation is 2. The van der Waals surface area contributed by atoms with Crippen LogP contribution >= 0.6 is 34.5 Å². The summed E-state index contributed by atoms with van der Waals surface area (Å²) in [6.45, 7) is 3.01. The summed E-state index contributed by atoms with van der Waals surface area (Å²) in [6, 6.07) is 16.0. The fraction of sp³-hybridized carbons (Fsp3) is 0.240. The molecule has 0 atom stereocenters. The first kappa shape index (κ1) is 24.3. The molecule has 4 rings (SSSR count). The number of fused-ring (bicyclic) bond motifs is 1. The Balaban J connectivity index is 1.55. The number of amides is 1. The molecule has 0 bridgehead atoms. The average molecular weight is 515 g/mol. The highest BCUT2D eigenvalue weighted by atomic mass is 35.5. The topological polar surface area (TPSA) is 71.1 Å². The lowest BCUT2D eigenvalue weighted by atomic mass is 10.1. The van der Waals surface area contributed by atoms with Crippen LogP contribution in [0.5, 0.6) is 0 Å². The smallest absolute Gasteiger partial charge is 0.263 e. The molecule has 9 heteroatoms. The molecule has 1 N–H and O–H groups in total. The molecule has 4 aromatic rings. The van der Waals surface area contributed by atoms with E-state index in [2.05, 4.69) is 0 Å². The molecule has 1 amide bonds. The number of hydrogen-bond donors (Lipinski definition) is 1. The minimum absolute atomic E-state index is 0.0109. The first-order chi connectivity index (χ1) is 16.3. The van der Waals surface area contributed by atoms with E-state index in [1.165, 1.54) is 11.3 Å². The van der Waals surface area contributed by atoms with Gasteiger partial charge < -0.3 is 14.0 Å². The second kappa shape index (κ2) is 10.2. The van der Waals surface area contributed by atoms with Crippen LogP contribution in [0, 0.1) is 12.3 Å². The molecule has 0 saturated carbocycles. The van der Waals surface area contributed by atoms with E-state index in [1.807, 2.05) is 31.2 Å². The highest BCUT2D eigenvalue weighted by molar-refractivity contribution is 7.13. The molecule has 34 heavy (non-hydrogen) atoms. The monoisotopic (exact) mass is 514 g/mol. The van der Waals surface area contributed by atoms with E-state index in [-0.39, 0.29) is 23.9 Å². The van der Waals surface area contributed by atoms with E-state index in [0.717, 1.165) is 10.4 Å². The standard InChI is InChI=1S/C25H24Cl2N4O2S/c1-16-7-12-22(34-16)24(33)29(2)13-4-14-30-23-19(27)5-3-6-20(23)31(25(30)28)15-21(32)17-8-10-18(26)11-9-17/h3,5-12,28H,4,13-15H2,1-2H3. The molecule has 0 radical (unpaired) electrons. The summed E-state index contributed by atoms with van der Waals surface area (Å²) in [5.74, 6) is -0.131. The summed E-state index contributed by atoms with van der Waals surface area (Å²) in [5, 5.41) is 9.86. The molecule has 0 aliphatic carbocycles. The zero-order chi connectivity index (χ0) is 24.4. The first-order valence-corrected chi connectivity index (χ1v) is 12.4. The first-order valence-electron chi connectivity index (χ1n) is 10.8. The maximum atomic E-state index is 12.9. The second-order valence-electron chi connectivity index (χ2n) is 8.09. The van der Waals surface area contributed by atoms with Crippen LogP contribution in [-0.2, 0) is 13.1 Å². The predicted molar refractivity (Wildman–Crippen MR) is 137 cm³/mol. The van der Waals surface area contributed by atoms with Crippen molar-refractivity contribution >= 4 is 57.3 Å². The van der Waals surface area contributed by atoms with Crippen molar-refractivity contribution in [2.75, 3.05) is 13.6 Å². The number of imidazole rings is 1. The van der Waals surface area contributed by atoms with Gasteiger partial charge in [-0.3, -0.25) is 15.0 Å². The van der Waals surface area contributed by atoms with Gasteiger partial charge in [0.1, 0.15) is 0 Å². The Kier molecular flexibility index (Phi) is 7.26. The van der Waals surface area contributed by atoms with Gasteiger partial charge in [-0.1, -0.05) is 29.3 Å². The van der Waals surface area contributed by atoms with Crippen LogP contribution in [0.25, 0.3) is 11.0 Å².